The van der Waals surface area contributed by atoms with Crippen molar-refractivity contribution in [3.8, 4) is 0 Å². The molecule has 0 unspecified atom stereocenters. The maximum absolute atomic E-state index is 15.1. The van der Waals surface area contributed by atoms with Crippen LogP contribution in [0.5, 0.6) is 0 Å². The molecule has 1 saturated carbocycles. The Morgan fingerprint density at radius 1 is 0.844 bits per heavy atom. The van der Waals surface area contributed by atoms with Crippen LogP contribution in [0.4, 0.5) is 10.1 Å². The van der Waals surface area contributed by atoms with Crippen LogP contribution in [0.25, 0.3) is 0 Å². The quantitative estimate of drug-likeness (QED) is 0.208. The number of rotatable bonds is 12. The molecule has 4 aromatic carbocycles. The molecule has 4 aromatic rings. The van der Waals surface area contributed by atoms with Gasteiger partial charge in [-0.15, -0.1) is 0 Å². The number of para-hydroxylation sites is 1. The number of anilines is 1. The van der Waals surface area contributed by atoms with Crippen molar-refractivity contribution in [3.63, 3.8) is 0 Å². The molecule has 0 aromatic heterocycles. The molecule has 0 spiro atoms. The summed E-state index contributed by atoms with van der Waals surface area (Å²) >= 11 is 0. The summed E-state index contributed by atoms with van der Waals surface area (Å²) in [6, 6.07) is 29.2. The zero-order valence-electron chi connectivity index (χ0n) is 25.3. The van der Waals surface area contributed by atoms with Crippen LogP contribution in [0.15, 0.2) is 114 Å². The highest BCUT2D eigenvalue weighted by Crippen LogP contribution is 2.26. The number of aryl methyl sites for hydroxylation is 1. The molecule has 9 heteroatoms. The van der Waals surface area contributed by atoms with Crippen molar-refractivity contribution < 1.29 is 22.4 Å². The van der Waals surface area contributed by atoms with E-state index in [9.17, 15) is 18.0 Å². The smallest absolute Gasteiger partial charge is 0.264 e. The van der Waals surface area contributed by atoms with Gasteiger partial charge in [-0.2, -0.15) is 0 Å². The lowest BCUT2D eigenvalue weighted by Gasteiger charge is -2.34. The summed E-state index contributed by atoms with van der Waals surface area (Å²) in [6.45, 7) is 1.06. The second kappa shape index (κ2) is 14.5. The van der Waals surface area contributed by atoms with E-state index >= 15 is 4.39 Å². The normalized spacial score (nSPS) is 14.1. The molecule has 0 aliphatic heterocycles. The van der Waals surface area contributed by atoms with Crippen LogP contribution in [0.2, 0.25) is 0 Å². The van der Waals surface area contributed by atoms with E-state index in [4.69, 9.17) is 0 Å². The number of sulfonamides is 1. The third-order valence-corrected chi connectivity index (χ3v) is 9.99. The molecule has 1 N–H and O–H groups in total. The third kappa shape index (κ3) is 7.97. The highest BCUT2D eigenvalue weighted by Gasteiger charge is 2.35. The van der Waals surface area contributed by atoms with E-state index in [-0.39, 0.29) is 35.4 Å². The van der Waals surface area contributed by atoms with Crippen molar-refractivity contribution in [2.75, 3.05) is 10.8 Å². The molecule has 1 aliphatic rings. The second-order valence-corrected chi connectivity index (χ2v) is 13.3. The molecule has 1 aliphatic carbocycles. The molecule has 7 nitrogen and oxygen atoms in total. The Kier molecular flexibility index (Phi) is 10.3. The predicted molar refractivity (Wildman–Crippen MR) is 173 cm³/mol. The number of amides is 2. The molecule has 2 amide bonds. The highest BCUT2D eigenvalue weighted by molar-refractivity contribution is 7.92. The zero-order valence-corrected chi connectivity index (χ0v) is 26.1. The number of hydrogen-bond acceptors (Lipinski definition) is 4. The lowest BCUT2D eigenvalue weighted by molar-refractivity contribution is -0.140. The van der Waals surface area contributed by atoms with Gasteiger partial charge in [-0.05, 0) is 55.7 Å². The Morgan fingerprint density at radius 3 is 2.09 bits per heavy atom. The summed E-state index contributed by atoms with van der Waals surface area (Å²) in [5.41, 5.74) is 2.24. The monoisotopic (exact) mass is 627 g/mol. The summed E-state index contributed by atoms with van der Waals surface area (Å²) in [5, 5.41) is 3.12. The molecule has 1 atom stereocenters. The van der Waals surface area contributed by atoms with Gasteiger partial charge in [-0.25, -0.2) is 12.8 Å². The van der Waals surface area contributed by atoms with Crippen molar-refractivity contribution >= 4 is 27.5 Å². The number of carbonyl (C=O) groups is 2. The van der Waals surface area contributed by atoms with E-state index in [2.05, 4.69) is 5.32 Å². The maximum Gasteiger partial charge on any atom is 0.264 e. The topological polar surface area (TPSA) is 86.8 Å². The molecule has 1 fully saturated rings. The van der Waals surface area contributed by atoms with Crippen LogP contribution in [-0.4, -0.2) is 43.8 Å². The fourth-order valence-corrected chi connectivity index (χ4v) is 7.11. The Morgan fingerprint density at radius 2 is 1.44 bits per heavy atom. The van der Waals surface area contributed by atoms with Crippen molar-refractivity contribution in [1.29, 1.82) is 0 Å². The standard InChI is InChI=1S/C36H38FN3O4S/c1-27-20-22-32(23-21-27)45(43,44)40(31-17-6-3-7-18-31)26-35(41)39(25-29-14-8-11-19-33(29)37)34(24-28-12-4-2-5-13-28)36(42)38-30-15-9-10-16-30/h2-8,11-14,17-23,30,34H,9-10,15-16,24-26H2,1H3,(H,38,42)/t34-/m0/s1. The summed E-state index contributed by atoms with van der Waals surface area (Å²) in [4.78, 5) is 29.8. The van der Waals surface area contributed by atoms with Gasteiger partial charge in [0.05, 0.1) is 10.6 Å². The molecule has 0 heterocycles. The van der Waals surface area contributed by atoms with Crippen molar-refractivity contribution in [3.05, 3.63) is 132 Å². The molecule has 0 saturated heterocycles. The number of nitrogens with one attached hydrogen (secondary N) is 1. The fourth-order valence-electron chi connectivity index (χ4n) is 5.69. The molecular weight excluding hydrogens is 589 g/mol. The van der Waals surface area contributed by atoms with Crippen LogP contribution < -0.4 is 9.62 Å². The second-order valence-electron chi connectivity index (χ2n) is 11.5. The molecule has 0 radical (unpaired) electrons. The van der Waals surface area contributed by atoms with E-state index in [1.165, 1.54) is 23.1 Å². The minimum atomic E-state index is -4.19. The molecule has 0 bridgehead atoms. The SMILES string of the molecule is Cc1ccc(S(=O)(=O)N(CC(=O)N(Cc2ccccc2F)[C@@H](Cc2ccccc2)C(=O)NC2CCCC2)c2ccccc2)cc1. The van der Waals surface area contributed by atoms with Crippen molar-refractivity contribution in [1.82, 2.24) is 10.2 Å². The summed E-state index contributed by atoms with van der Waals surface area (Å²) in [5.74, 6) is -1.49. The lowest BCUT2D eigenvalue weighted by atomic mass is 10.0. The number of halogens is 1. The largest absolute Gasteiger partial charge is 0.352 e. The van der Waals surface area contributed by atoms with Gasteiger partial charge in [-0.1, -0.05) is 97.3 Å². The predicted octanol–water partition coefficient (Wildman–Crippen LogP) is 6.03. The molecular formula is C36H38FN3O4S. The first kappa shape index (κ1) is 31.9. The number of nitrogens with zero attached hydrogens (tertiary/aromatic N) is 2. The highest BCUT2D eigenvalue weighted by atomic mass is 32.2. The van der Waals surface area contributed by atoms with E-state index in [1.807, 2.05) is 37.3 Å². The first-order valence-corrected chi connectivity index (χ1v) is 16.7. The Balaban J connectivity index is 1.56. The van der Waals surface area contributed by atoms with Crippen LogP contribution in [0.1, 0.15) is 42.4 Å². The first-order chi connectivity index (χ1) is 21.7. The lowest BCUT2D eigenvalue weighted by Crippen LogP contribution is -2.54. The minimum absolute atomic E-state index is 0.0103. The Hall–Kier alpha value is -4.50. The Bertz CT molecular complexity index is 1690. The molecule has 5 rings (SSSR count). The van der Waals surface area contributed by atoms with Crippen LogP contribution >= 0.6 is 0 Å². The number of carbonyl (C=O) groups excluding carboxylic acids is 2. The van der Waals surface area contributed by atoms with Gasteiger partial charge >= 0.3 is 0 Å². The number of hydrogen-bond donors (Lipinski definition) is 1. The molecule has 45 heavy (non-hydrogen) atoms. The average molecular weight is 628 g/mol. The van der Waals surface area contributed by atoms with Crippen LogP contribution in [-0.2, 0) is 32.6 Å². The van der Waals surface area contributed by atoms with Gasteiger partial charge in [0, 0.05) is 24.6 Å². The molecule has 234 valence electrons. The van der Waals surface area contributed by atoms with Crippen molar-refractivity contribution in [2.45, 2.75) is 62.6 Å². The third-order valence-electron chi connectivity index (χ3n) is 8.20. The summed E-state index contributed by atoms with van der Waals surface area (Å²) in [7, 11) is -4.19. The van der Waals surface area contributed by atoms with Crippen LogP contribution in [0.3, 0.4) is 0 Å². The van der Waals surface area contributed by atoms with E-state index in [0.29, 0.717) is 5.69 Å². The van der Waals surface area contributed by atoms with Gasteiger partial charge in [0.25, 0.3) is 10.0 Å². The van der Waals surface area contributed by atoms with Crippen LogP contribution in [0, 0.1) is 12.7 Å². The zero-order chi connectivity index (χ0) is 31.8. The van der Waals surface area contributed by atoms with E-state index < -0.39 is 34.3 Å². The van der Waals surface area contributed by atoms with Crippen molar-refractivity contribution in [2.24, 2.45) is 0 Å². The Labute approximate surface area is 264 Å². The fraction of sp³-hybridized carbons (Fsp3) is 0.278. The van der Waals surface area contributed by atoms with Gasteiger partial charge in [-0.3, -0.25) is 13.9 Å². The summed E-state index contributed by atoms with van der Waals surface area (Å²) < 4.78 is 44.2. The van der Waals surface area contributed by atoms with Gasteiger partial charge < -0.3 is 10.2 Å². The van der Waals surface area contributed by atoms with E-state index in [1.54, 1.807) is 60.7 Å². The van der Waals surface area contributed by atoms with E-state index in [0.717, 1.165) is 41.1 Å². The van der Waals surface area contributed by atoms with Gasteiger partial charge in [0.15, 0.2) is 0 Å². The van der Waals surface area contributed by atoms with Gasteiger partial charge in [0.1, 0.15) is 18.4 Å². The van der Waals surface area contributed by atoms with Gasteiger partial charge in [0.2, 0.25) is 11.8 Å². The number of benzene rings is 4. The summed E-state index contributed by atoms with van der Waals surface area (Å²) in [6.07, 6.45) is 3.89. The maximum atomic E-state index is 15.1. The first-order valence-electron chi connectivity index (χ1n) is 15.2. The minimum Gasteiger partial charge on any atom is -0.352 e. The average Bonchev–Trinajstić information content (AvgIpc) is 3.56.